The van der Waals surface area contributed by atoms with Gasteiger partial charge >= 0.3 is 11.9 Å². The molecule has 0 fully saturated rings. The number of unbranched alkanes of at least 4 members (excludes halogenated alkanes) is 3. The Kier molecular flexibility index (Phi) is 6.96. The minimum absolute atomic E-state index is 0.327. The Labute approximate surface area is 77.9 Å². The molecule has 0 saturated heterocycles. The standard InChI is InChI=1S/C9H16O4/c1-2-3-4-5-6-9(12)13-7-8(10)11/h2-7H2,1H3,(H,10,11). The molecule has 0 aliphatic heterocycles. The van der Waals surface area contributed by atoms with Gasteiger partial charge in [-0.1, -0.05) is 26.2 Å². The van der Waals surface area contributed by atoms with Crippen LogP contribution in [-0.4, -0.2) is 23.7 Å². The predicted molar refractivity (Wildman–Crippen MR) is 47.4 cm³/mol. The Hall–Kier alpha value is -1.06. The molecule has 0 saturated carbocycles. The zero-order valence-corrected chi connectivity index (χ0v) is 7.91. The lowest BCUT2D eigenvalue weighted by atomic mass is 10.2. The highest BCUT2D eigenvalue weighted by Crippen LogP contribution is 2.03. The fourth-order valence-corrected chi connectivity index (χ4v) is 0.911. The molecule has 4 heteroatoms. The van der Waals surface area contributed by atoms with Crippen LogP contribution in [0.15, 0.2) is 0 Å². The molecule has 0 aliphatic rings. The van der Waals surface area contributed by atoms with Crippen molar-refractivity contribution < 1.29 is 19.4 Å². The van der Waals surface area contributed by atoms with Crippen LogP contribution < -0.4 is 0 Å². The Morgan fingerprint density at radius 2 is 1.92 bits per heavy atom. The van der Waals surface area contributed by atoms with Crippen molar-refractivity contribution in [3.8, 4) is 0 Å². The number of carbonyl (C=O) groups excluding carboxylic acids is 1. The topological polar surface area (TPSA) is 63.6 Å². The molecule has 0 aromatic heterocycles. The first-order valence-electron chi connectivity index (χ1n) is 4.54. The SMILES string of the molecule is CCCCCCC(=O)OCC(=O)O. The second-order valence-corrected chi connectivity index (χ2v) is 2.87. The highest BCUT2D eigenvalue weighted by Gasteiger charge is 2.04. The molecule has 13 heavy (non-hydrogen) atoms. The van der Waals surface area contributed by atoms with Gasteiger partial charge in [-0.2, -0.15) is 0 Å². The zero-order chi connectivity index (χ0) is 10.1. The molecule has 0 atom stereocenters. The molecule has 4 nitrogen and oxygen atoms in total. The summed E-state index contributed by atoms with van der Waals surface area (Å²) in [6.07, 6.45) is 4.33. The summed E-state index contributed by atoms with van der Waals surface area (Å²) in [6.45, 7) is 1.56. The quantitative estimate of drug-likeness (QED) is 0.486. The third-order valence-corrected chi connectivity index (χ3v) is 1.59. The third kappa shape index (κ3) is 8.85. The average molecular weight is 188 g/mol. The summed E-state index contributed by atoms with van der Waals surface area (Å²) >= 11 is 0. The molecule has 0 bridgehead atoms. The van der Waals surface area contributed by atoms with Crippen LogP contribution in [0.1, 0.15) is 39.0 Å². The molecular weight excluding hydrogens is 172 g/mol. The van der Waals surface area contributed by atoms with Gasteiger partial charge in [0, 0.05) is 6.42 Å². The van der Waals surface area contributed by atoms with Crippen molar-refractivity contribution in [2.75, 3.05) is 6.61 Å². The summed E-state index contributed by atoms with van der Waals surface area (Å²) in [6, 6.07) is 0. The molecule has 0 radical (unpaired) electrons. The lowest BCUT2D eigenvalue weighted by Crippen LogP contribution is -2.12. The molecule has 0 aliphatic carbocycles. The van der Waals surface area contributed by atoms with Crippen molar-refractivity contribution in [3.63, 3.8) is 0 Å². The van der Waals surface area contributed by atoms with Crippen molar-refractivity contribution >= 4 is 11.9 Å². The van der Waals surface area contributed by atoms with Crippen LogP contribution in [-0.2, 0) is 14.3 Å². The van der Waals surface area contributed by atoms with Crippen LogP contribution in [0, 0.1) is 0 Å². The van der Waals surface area contributed by atoms with Gasteiger partial charge in [0.05, 0.1) is 0 Å². The van der Waals surface area contributed by atoms with Crippen LogP contribution >= 0.6 is 0 Å². The number of esters is 1. The third-order valence-electron chi connectivity index (χ3n) is 1.59. The second kappa shape index (κ2) is 7.58. The highest BCUT2D eigenvalue weighted by atomic mass is 16.5. The van der Waals surface area contributed by atoms with E-state index in [2.05, 4.69) is 11.7 Å². The van der Waals surface area contributed by atoms with Crippen LogP contribution in [0.3, 0.4) is 0 Å². The number of carbonyl (C=O) groups is 2. The molecule has 0 aromatic carbocycles. The smallest absolute Gasteiger partial charge is 0.341 e. The minimum Gasteiger partial charge on any atom is -0.479 e. The molecule has 0 heterocycles. The van der Waals surface area contributed by atoms with Crippen molar-refractivity contribution in [1.82, 2.24) is 0 Å². The summed E-state index contributed by atoms with van der Waals surface area (Å²) in [5, 5.41) is 8.19. The van der Waals surface area contributed by atoms with E-state index in [0.29, 0.717) is 6.42 Å². The van der Waals surface area contributed by atoms with Crippen molar-refractivity contribution in [2.24, 2.45) is 0 Å². The van der Waals surface area contributed by atoms with Gasteiger partial charge < -0.3 is 9.84 Å². The van der Waals surface area contributed by atoms with Crippen molar-refractivity contribution in [3.05, 3.63) is 0 Å². The van der Waals surface area contributed by atoms with Crippen LogP contribution in [0.2, 0.25) is 0 Å². The van der Waals surface area contributed by atoms with Gasteiger partial charge in [-0.05, 0) is 6.42 Å². The maximum atomic E-state index is 10.8. The van der Waals surface area contributed by atoms with Crippen molar-refractivity contribution in [2.45, 2.75) is 39.0 Å². The lowest BCUT2D eigenvalue weighted by Gasteiger charge is -2.00. The normalized spacial score (nSPS) is 9.62. The average Bonchev–Trinajstić information content (AvgIpc) is 2.09. The maximum Gasteiger partial charge on any atom is 0.341 e. The maximum absolute atomic E-state index is 10.8. The number of carboxylic acids is 1. The van der Waals surface area contributed by atoms with E-state index in [1.54, 1.807) is 0 Å². The Balaban J connectivity index is 3.25. The monoisotopic (exact) mass is 188 g/mol. The molecule has 0 spiro atoms. The first kappa shape index (κ1) is 11.9. The molecule has 76 valence electrons. The molecule has 1 N–H and O–H groups in total. The van der Waals surface area contributed by atoms with E-state index >= 15 is 0 Å². The second-order valence-electron chi connectivity index (χ2n) is 2.87. The fourth-order valence-electron chi connectivity index (χ4n) is 0.911. The Bertz CT molecular complexity index is 165. The summed E-state index contributed by atoms with van der Waals surface area (Å²) in [5.41, 5.74) is 0. The number of carboxylic acid groups (broad SMARTS) is 1. The van der Waals surface area contributed by atoms with Gasteiger partial charge in [0.2, 0.25) is 0 Å². The van der Waals surface area contributed by atoms with Crippen molar-refractivity contribution in [1.29, 1.82) is 0 Å². The van der Waals surface area contributed by atoms with E-state index in [1.807, 2.05) is 0 Å². The number of hydrogen-bond donors (Lipinski definition) is 1. The molecule has 0 aromatic rings. The number of ether oxygens (including phenoxy) is 1. The zero-order valence-electron chi connectivity index (χ0n) is 7.91. The molecular formula is C9H16O4. The van der Waals surface area contributed by atoms with E-state index in [4.69, 9.17) is 5.11 Å². The number of rotatable bonds is 7. The van der Waals surface area contributed by atoms with E-state index < -0.39 is 18.5 Å². The fraction of sp³-hybridized carbons (Fsp3) is 0.778. The summed E-state index contributed by atoms with van der Waals surface area (Å²) < 4.78 is 4.45. The van der Waals surface area contributed by atoms with E-state index in [9.17, 15) is 9.59 Å². The molecule has 0 amide bonds. The van der Waals surface area contributed by atoms with Crippen LogP contribution in [0.25, 0.3) is 0 Å². The van der Waals surface area contributed by atoms with Gasteiger partial charge in [-0.25, -0.2) is 4.79 Å². The van der Waals surface area contributed by atoms with Gasteiger partial charge in [-0.3, -0.25) is 4.79 Å². The molecule has 0 rings (SSSR count). The molecule has 0 unspecified atom stereocenters. The minimum atomic E-state index is -1.11. The van der Waals surface area contributed by atoms with E-state index in [-0.39, 0.29) is 0 Å². The van der Waals surface area contributed by atoms with Gasteiger partial charge in [0.15, 0.2) is 6.61 Å². The predicted octanol–water partition coefficient (Wildman–Crippen LogP) is 1.58. The first-order chi connectivity index (χ1) is 6.16. The van der Waals surface area contributed by atoms with E-state index in [1.165, 1.54) is 0 Å². The van der Waals surface area contributed by atoms with E-state index in [0.717, 1.165) is 25.7 Å². The first-order valence-corrected chi connectivity index (χ1v) is 4.54. The summed E-state index contributed by atoms with van der Waals surface area (Å²) in [5.74, 6) is -1.53. The highest BCUT2D eigenvalue weighted by molar-refractivity contribution is 5.75. The van der Waals surface area contributed by atoms with Gasteiger partial charge in [0.1, 0.15) is 0 Å². The summed E-state index contributed by atoms with van der Waals surface area (Å²) in [4.78, 5) is 20.8. The van der Waals surface area contributed by atoms with Crippen LogP contribution in [0.5, 0.6) is 0 Å². The Morgan fingerprint density at radius 3 is 2.46 bits per heavy atom. The number of hydrogen-bond acceptors (Lipinski definition) is 3. The Morgan fingerprint density at radius 1 is 1.23 bits per heavy atom. The number of aliphatic carboxylic acids is 1. The lowest BCUT2D eigenvalue weighted by molar-refractivity contribution is -0.155. The summed E-state index contributed by atoms with van der Waals surface area (Å²) in [7, 11) is 0. The van der Waals surface area contributed by atoms with Gasteiger partial charge in [0.25, 0.3) is 0 Å². The van der Waals surface area contributed by atoms with Crippen LogP contribution in [0.4, 0.5) is 0 Å². The van der Waals surface area contributed by atoms with Gasteiger partial charge in [-0.15, -0.1) is 0 Å². The largest absolute Gasteiger partial charge is 0.479 e.